The zero-order valence-corrected chi connectivity index (χ0v) is 17.2. The first-order chi connectivity index (χ1) is 12.3. The molecule has 0 radical (unpaired) electrons. The van der Waals surface area contributed by atoms with Gasteiger partial charge in [-0.1, -0.05) is 26.0 Å². The number of sulfonamides is 1. The van der Waals surface area contributed by atoms with E-state index >= 15 is 0 Å². The number of hydrogen-bond acceptors (Lipinski definition) is 5. The number of nitrogens with one attached hydrogen (secondary N) is 1. The van der Waals surface area contributed by atoms with Crippen molar-refractivity contribution < 1.29 is 13.2 Å². The summed E-state index contributed by atoms with van der Waals surface area (Å²) in [4.78, 5) is 19.6. The van der Waals surface area contributed by atoms with Crippen molar-refractivity contribution in [2.45, 2.75) is 37.6 Å². The summed E-state index contributed by atoms with van der Waals surface area (Å²) in [6, 6.07) is 6.10. The largest absolute Gasteiger partial charge is 0.341 e. The number of carbonyl (C=O) groups is 1. The Labute approximate surface area is 166 Å². The van der Waals surface area contributed by atoms with Gasteiger partial charge in [0.15, 0.2) is 0 Å². The highest BCUT2D eigenvalue weighted by atomic mass is 35.5. The maximum Gasteiger partial charge on any atom is 0.263 e. The second-order valence-electron chi connectivity index (χ2n) is 7.40. The molecule has 0 bridgehead atoms. The van der Waals surface area contributed by atoms with Crippen LogP contribution in [0.2, 0.25) is 0 Å². The van der Waals surface area contributed by atoms with Crippen molar-refractivity contribution in [1.29, 1.82) is 0 Å². The molecule has 1 saturated heterocycles. The minimum Gasteiger partial charge on any atom is -0.341 e. The quantitative estimate of drug-likeness (QED) is 0.758. The SMILES string of the molecule is CC(C)CC(N=C1NS(=O)(=O)c2ccccc21)C(=O)N1CCC(CN)C1.Cl. The van der Waals surface area contributed by atoms with Gasteiger partial charge in [0.1, 0.15) is 11.9 Å². The van der Waals surface area contributed by atoms with Gasteiger partial charge in [-0.15, -0.1) is 12.4 Å². The van der Waals surface area contributed by atoms with E-state index in [0.29, 0.717) is 37.5 Å². The van der Waals surface area contributed by atoms with E-state index < -0.39 is 16.1 Å². The van der Waals surface area contributed by atoms with Gasteiger partial charge >= 0.3 is 0 Å². The first-order valence-electron chi connectivity index (χ1n) is 9.00. The molecular formula is C18H27ClN4O3S. The van der Waals surface area contributed by atoms with Crippen molar-refractivity contribution in [2.24, 2.45) is 22.6 Å². The molecule has 9 heteroatoms. The molecule has 1 amide bonds. The number of halogens is 1. The van der Waals surface area contributed by atoms with E-state index in [1.54, 1.807) is 24.3 Å². The van der Waals surface area contributed by atoms with Crippen LogP contribution in [0.15, 0.2) is 34.2 Å². The maximum absolute atomic E-state index is 13.0. The molecule has 27 heavy (non-hydrogen) atoms. The zero-order chi connectivity index (χ0) is 18.9. The van der Waals surface area contributed by atoms with Gasteiger partial charge in [-0.2, -0.15) is 0 Å². The molecule has 1 aromatic rings. The number of amides is 1. The molecule has 2 unspecified atom stereocenters. The summed E-state index contributed by atoms with van der Waals surface area (Å²) in [6.07, 6.45) is 1.47. The Balaban J connectivity index is 0.00000261. The van der Waals surface area contributed by atoms with E-state index in [4.69, 9.17) is 5.73 Å². The number of likely N-dealkylation sites (tertiary alicyclic amines) is 1. The molecule has 3 rings (SSSR count). The molecule has 2 aliphatic heterocycles. The van der Waals surface area contributed by atoms with Crippen molar-refractivity contribution >= 4 is 34.2 Å². The Kier molecular flexibility index (Phi) is 6.88. The lowest BCUT2D eigenvalue weighted by atomic mass is 10.0. The molecule has 0 saturated carbocycles. The van der Waals surface area contributed by atoms with E-state index in [9.17, 15) is 13.2 Å². The average molecular weight is 415 g/mol. The Morgan fingerprint density at radius 3 is 2.70 bits per heavy atom. The van der Waals surface area contributed by atoms with Gasteiger partial charge in [0, 0.05) is 18.7 Å². The molecule has 3 N–H and O–H groups in total. The van der Waals surface area contributed by atoms with Crippen molar-refractivity contribution in [2.75, 3.05) is 19.6 Å². The highest BCUT2D eigenvalue weighted by Crippen LogP contribution is 2.25. The van der Waals surface area contributed by atoms with Crippen LogP contribution >= 0.6 is 12.4 Å². The van der Waals surface area contributed by atoms with Crippen LogP contribution in [-0.4, -0.2) is 50.7 Å². The van der Waals surface area contributed by atoms with E-state index in [0.717, 1.165) is 6.42 Å². The predicted molar refractivity (Wildman–Crippen MR) is 108 cm³/mol. The van der Waals surface area contributed by atoms with Crippen LogP contribution in [0, 0.1) is 11.8 Å². The summed E-state index contributed by atoms with van der Waals surface area (Å²) in [5, 5.41) is 0. The summed E-state index contributed by atoms with van der Waals surface area (Å²) in [5.74, 6) is 0.798. The minimum atomic E-state index is -3.61. The minimum absolute atomic E-state index is 0. The standard InChI is InChI=1S/C18H26N4O3S.ClH/c1-12(2)9-15(18(23)22-8-7-13(10-19)11-22)20-17-14-5-3-4-6-16(14)26(24,25)21-17;/h3-6,12-13,15H,7-11,19H2,1-2H3,(H,20,21);1H. The van der Waals surface area contributed by atoms with Gasteiger partial charge in [-0.25, -0.2) is 8.42 Å². The fourth-order valence-corrected chi connectivity index (χ4v) is 4.72. The van der Waals surface area contributed by atoms with Crippen molar-refractivity contribution in [3.8, 4) is 0 Å². The van der Waals surface area contributed by atoms with E-state index in [-0.39, 0.29) is 35.0 Å². The van der Waals surface area contributed by atoms with Gasteiger partial charge < -0.3 is 10.6 Å². The molecule has 1 fully saturated rings. The van der Waals surface area contributed by atoms with Crippen LogP contribution in [0.5, 0.6) is 0 Å². The smallest absolute Gasteiger partial charge is 0.263 e. The molecule has 2 atom stereocenters. The molecule has 2 heterocycles. The third kappa shape index (κ3) is 4.62. The first-order valence-corrected chi connectivity index (χ1v) is 10.5. The summed E-state index contributed by atoms with van der Waals surface area (Å²) in [6.45, 7) is 5.96. The molecular weight excluding hydrogens is 388 g/mol. The van der Waals surface area contributed by atoms with Crippen LogP contribution in [-0.2, 0) is 14.8 Å². The number of carbonyl (C=O) groups excluding carboxylic acids is 1. The summed E-state index contributed by atoms with van der Waals surface area (Å²) in [5.41, 5.74) is 6.25. The van der Waals surface area contributed by atoms with Crippen LogP contribution in [0.1, 0.15) is 32.3 Å². The van der Waals surface area contributed by atoms with Gasteiger partial charge in [-0.3, -0.25) is 14.5 Å². The third-order valence-corrected chi connectivity index (χ3v) is 6.26. The third-order valence-electron chi connectivity index (χ3n) is 4.86. The van der Waals surface area contributed by atoms with Crippen LogP contribution in [0.25, 0.3) is 0 Å². The lowest BCUT2D eigenvalue weighted by Crippen LogP contribution is -2.39. The van der Waals surface area contributed by atoms with Crippen LogP contribution < -0.4 is 10.5 Å². The first kappa shape index (κ1) is 21.7. The number of benzene rings is 1. The van der Waals surface area contributed by atoms with Gasteiger partial charge in [0.05, 0.1) is 4.90 Å². The molecule has 150 valence electrons. The molecule has 0 aliphatic carbocycles. The lowest BCUT2D eigenvalue weighted by Gasteiger charge is -2.22. The Morgan fingerprint density at radius 1 is 1.37 bits per heavy atom. The molecule has 0 aromatic heterocycles. The number of hydrogen-bond donors (Lipinski definition) is 2. The summed E-state index contributed by atoms with van der Waals surface area (Å²) >= 11 is 0. The van der Waals surface area contributed by atoms with Gasteiger partial charge in [-0.05, 0) is 43.4 Å². The fraction of sp³-hybridized carbons (Fsp3) is 0.556. The predicted octanol–water partition coefficient (Wildman–Crippen LogP) is 1.37. The average Bonchev–Trinajstić information content (AvgIpc) is 3.17. The number of nitrogens with zero attached hydrogens (tertiary/aromatic N) is 2. The Bertz CT molecular complexity index is 826. The number of fused-ring (bicyclic) bond motifs is 1. The van der Waals surface area contributed by atoms with E-state index in [1.807, 2.05) is 18.7 Å². The topological polar surface area (TPSA) is 105 Å². The number of aliphatic imine (C=N–C) groups is 1. The molecule has 7 nitrogen and oxygen atoms in total. The van der Waals surface area contributed by atoms with E-state index in [2.05, 4.69) is 9.71 Å². The van der Waals surface area contributed by atoms with Crippen molar-refractivity contribution in [3.05, 3.63) is 29.8 Å². The number of nitrogens with two attached hydrogens (primary N) is 1. The second kappa shape index (κ2) is 8.58. The van der Waals surface area contributed by atoms with Gasteiger partial charge in [0.2, 0.25) is 5.91 Å². The molecule has 1 aromatic carbocycles. The normalized spacial score (nSPS) is 23.0. The lowest BCUT2D eigenvalue weighted by molar-refractivity contribution is -0.131. The monoisotopic (exact) mass is 414 g/mol. The Morgan fingerprint density at radius 2 is 2.07 bits per heavy atom. The van der Waals surface area contributed by atoms with Crippen LogP contribution in [0.4, 0.5) is 0 Å². The fourth-order valence-electron chi connectivity index (χ4n) is 3.48. The van der Waals surface area contributed by atoms with Crippen LogP contribution in [0.3, 0.4) is 0 Å². The molecule has 2 aliphatic rings. The van der Waals surface area contributed by atoms with Crippen molar-refractivity contribution in [3.63, 3.8) is 0 Å². The maximum atomic E-state index is 13.0. The zero-order valence-electron chi connectivity index (χ0n) is 15.6. The highest BCUT2D eigenvalue weighted by molar-refractivity contribution is 7.90. The van der Waals surface area contributed by atoms with E-state index in [1.165, 1.54) is 0 Å². The Hall–Kier alpha value is -1.64. The number of rotatable bonds is 5. The summed E-state index contributed by atoms with van der Waals surface area (Å²) < 4.78 is 27.0. The second-order valence-corrected chi connectivity index (χ2v) is 9.05. The molecule has 0 spiro atoms. The highest BCUT2D eigenvalue weighted by Gasteiger charge is 2.34. The van der Waals surface area contributed by atoms with Crippen molar-refractivity contribution in [1.82, 2.24) is 9.62 Å². The van der Waals surface area contributed by atoms with Gasteiger partial charge in [0.25, 0.3) is 10.0 Å². The summed E-state index contributed by atoms with van der Waals surface area (Å²) in [7, 11) is -3.61. The number of amidine groups is 1.